The molecular weight excluding hydrogens is 328 g/mol. The van der Waals surface area contributed by atoms with E-state index in [-0.39, 0.29) is 6.54 Å². The minimum Gasteiger partial charge on any atom is -0.463 e. The molecule has 0 amide bonds. The summed E-state index contributed by atoms with van der Waals surface area (Å²) in [6.45, 7) is 13.5. The normalized spacial score (nSPS) is 21.4. The Hall–Kier alpha value is -1.53. The third kappa shape index (κ3) is 6.65. The SMILES string of the molecule is CCNC(=NCC(C)(O)c1ccc(C)o1)NCCCN1CCCC(C)C1. The third-order valence-electron chi connectivity index (χ3n) is 4.85. The van der Waals surface area contributed by atoms with Gasteiger partial charge in [-0.2, -0.15) is 0 Å². The highest BCUT2D eigenvalue weighted by atomic mass is 16.4. The zero-order valence-electron chi connectivity index (χ0n) is 16.8. The van der Waals surface area contributed by atoms with E-state index in [1.54, 1.807) is 6.92 Å². The summed E-state index contributed by atoms with van der Waals surface area (Å²) in [5.41, 5.74) is -1.11. The zero-order valence-corrected chi connectivity index (χ0v) is 16.8. The predicted molar refractivity (Wildman–Crippen MR) is 106 cm³/mol. The van der Waals surface area contributed by atoms with Crippen LogP contribution in [0.3, 0.4) is 0 Å². The molecule has 0 saturated carbocycles. The number of aryl methyl sites for hydroxylation is 1. The van der Waals surface area contributed by atoms with Crippen molar-refractivity contribution in [2.45, 2.75) is 52.6 Å². The molecule has 2 rings (SSSR count). The Morgan fingerprint density at radius 3 is 2.88 bits per heavy atom. The maximum atomic E-state index is 10.6. The second-order valence-electron chi connectivity index (χ2n) is 7.71. The van der Waals surface area contributed by atoms with Crippen molar-refractivity contribution in [3.05, 3.63) is 23.7 Å². The van der Waals surface area contributed by atoms with E-state index in [2.05, 4.69) is 27.4 Å². The molecular formula is C20H36N4O2. The van der Waals surface area contributed by atoms with Crippen LogP contribution in [0.5, 0.6) is 0 Å². The second kappa shape index (κ2) is 9.97. The van der Waals surface area contributed by atoms with Gasteiger partial charge in [-0.3, -0.25) is 0 Å². The van der Waals surface area contributed by atoms with Crippen LogP contribution in [0.25, 0.3) is 0 Å². The molecule has 2 unspecified atom stereocenters. The molecule has 0 aliphatic carbocycles. The van der Waals surface area contributed by atoms with Gasteiger partial charge < -0.3 is 25.1 Å². The summed E-state index contributed by atoms with van der Waals surface area (Å²) in [4.78, 5) is 7.10. The molecule has 3 N–H and O–H groups in total. The van der Waals surface area contributed by atoms with Crippen LogP contribution in [0.1, 0.15) is 51.6 Å². The smallest absolute Gasteiger partial charge is 0.191 e. The summed E-state index contributed by atoms with van der Waals surface area (Å²) in [6.07, 6.45) is 3.77. The number of hydrogen-bond donors (Lipinski definition) is 3. The number of likely N-dealkylation sites (tertiary alicyclic amines) is 1. The molecule has 148 valence electrons. The van der Waals surface area contributed by atoms with Crippen molar-refractivity contribution < 1.29 is 9.52 Å². The quantitative estimate of drug-likeness (QED) is 0.375. The maximum Gasteiger partial charge on any atom is 0.191 e. The number of nitrogens with zero attached hydrogens (tertiary/aromatic N) is 2. The molecule has 0 aromatic carbocycles. The van der Waals surface area contributed by atoms with Crippen molar-refractivity contribution >= 4 is 5.96 Å². The molecule has 2 atom stereocenters. The first kappa shape index (κ1) is 20.8. The monoisotopic (exact) mass is 364 g/mol. The molecule has 0 bridgehead atoms. The van der Waals surface area contributed by atoms with Crippen LogP contribution in [0.2, 0.25) is 0 Å². The number of piperidine rings is 1. The maximum absolute atomic E-state index is 10.6. The van der Waals surface area contributed by atoms with E-state index in [9.17, 15) is 5.11 Å². The molecule has 1 aromatic rings. The van der Waals surface area contributed by atoms with Crippen LogP contribution in [-0.2, 0) is 5.60 Å². The van der Waals surface area contributed by atoms with Gasteiger partial charge in [-0.1, -0.05) is 6.92 Å². The lowest BCUT2D eigenvalue weighted by atomic mass is 10.0. The van der Waals surface area contributed by atoms with Crippen LogP contribution in [-0.4, -0.2) is 55.2 Å². The summed E-state index contributed by atoms with van der Waals surface area (Å²) in [6, 6.07) is 3.67. The molecule has 0 radical (unpaired) electrons. The van der Waals surface area contributed by atoms with E-state index in [4.69, 9.17) is 4.42 Å². The van der Waals surface area contributed by atoms with Gasteiger partial charge in [0.25, 0.3) is 0 Å². The van der Waals surface area contributed by atoms with Crippen LogP contribution in [0.15, 0.2) is 21.5 Å². The van der Waals surface area contributed by atoms with Crippen LogP contribution < -0.4 is 10.6 Å². The van der Waals surface area contributed by atoms with Crippen LogP contribution >= 0.6 is 0 Å². The fourth-order valence-corrected chi connectivity index (χ4v) is 3.38. The van der Waals surface area contributed by atoms with E-state index < -0.39 is 5.60 Å². The third-order valence-corrected chi connectivity index (χ3v) is 4.85. The topological polar surface area (TPSA) is 73.0 Å². The van der Waals surface area contributed by atoms with Crippen molar-refractivity contribution in [2.24, 2.45) is 10.9 Å². The zero-order chi connectivity index (χ0) is 19.0. The predicted octanol–water partition coefficient (Wildman–Crippen LogP) is 2.47. The molecule has 0 spiro atoms. The number of furan rings is 1. The van der Waals surface area contributed by atoms with Gasteiger partial charge >= 0.3 is 0 Å². The first-order chi connectivity index (χ1) is 12.4. The van der Waals surface area contributed by atoms with E-state index in [1.807, 2.05) is 26.0 Å². The fourth-order valence-electron chi connectivity index (χ4n) is 3.38. The van der Waals surface area contributed by atoms with Crippen LogP contribution in [0.4, 0.5) is 0 Å². The highest BCUT2D eigenvalue weighted by molar-refractivity contribution is 5.79. The average Bonchev–Trinajstić information content (AvgIpc) is 3.04. The molecule has 1 aliphatic rings. The summed E-state index contributed by atoms with van der Waals surface area (Å²) < 4.78 is 5.55. The first-order valence-corrected chi connectivity index (χ1v) is 9.94. The van der Waals surface area contributed by atoms with Crippen molar-refractivity contribution in [1.29, 1.82) is 0 Å². The first-order valence-electron chi connectivity index (χ1n) is 9.94. The van der Waals surface area contributed by atoms with Crippen molar-refractivity contribution in [1.82, 2.24) is 15.5 Å². The fraction of sp³-hybridized carbons (Fsp3) is 0.750. The lowest BCUT2D eigenvalue weighted by Crippen LogP contribution is -2.41. The Morgan fingerprint density at radius 2 is 2.23 bits per heavy atom. The summed E-state index contributed by atoms with van der Waals surface area (Å²) in [7, 11) is 0. The number of guanidine groups is 1. The summed E-state index contributed by atoms with van der Waals surface area (Å²) in [5, 5.41) is 17.2. The number of hydrogen-bond acceptors (Lipinski definition) is 4. The van der Waals surface area contributed by atoms with Gasteiger partial charge in [0.15, 0.2) is 5.96 Å². The number of aliphatic imine (C=N–C) groups is 1. The average molecular weight is 365 g/mol. The van der Waals surface area contributed by atoms with Crippen molar-refractivity contribution in [3.8, 4) is 0 Å². The Balaban J connectivity index is 1.78. The van der Waals surface area contributed by atoms with Gasteiger partial charge in [-0.15, -0.1) is 0 Å². The lowest BCUT2D eigenvalue weighted by molar-refractivity contribution is 0.0428. The Labute approximate surface area is 158 Å². The summed E-state index contributed by atoms with van der Waals surface area (Å²) in [5.74, 6) is 2.90. The highest BCUT2D eigenvalue weighted by Crippen LogP contribution is 2.23. The Kier molecular flexibility index (Phi) is 7.97. The van der Waals surface area contributed by atoms with E-state index in [0.717, 1.165) is 43.7 Å². The van der Waals surface area contributed by atoms with Gasteiger partial charge in [-0.05, 0) is 71.2 Å². The van der Waals surface area contributed by atoms with E-state index >= 15 is 0 Å². The van der Waals surface area contributed by atoms with Crippen molar-refractivity contribution in [2.75, 3.05) is 39.3 Å². The van der Waals surface area contributed by atoms with Gasteiger partial charge in [-0.25, -0.2) is 4.99 Å². The van der Waals surface area contributed by atoms with Gasteiger partial charge in [0.05, 0.1) is 6.54 Å². The Bertz CT molecular complexity index is 568. The van der Waals surface area contributed by atoms with Gasteiger partial charge in [0.1, 0.15) is 17.1 Å². The highest BCUT2D eigenvalue weighted by Gasteiger charge is 2.26. The van der Waals surface area contributed by atoms with E-state index in [0.29, 0.717) is 5.76 Å². The molecule has 2 heterocycles. The minimum atomic E-state index is -1.11. The summed E-state index contributed by atoms with van der Waals surface area (Å²) >= 11 is 0. The largest absolute Gasteiger partial charge is 0.463 e. The van der Waals surface area contributed by atoms with Gasteiger partial charge in [0.2, 0.25) is 0 Å². The van der Waals surface area contributed by atoms with Crippen LogP contribution in [0, 0.1) is 12.8 Å². The number of aliphatic hydroxyl groups is 1. The number of nitrogens with one attached hydrogen (secondary N) is 2. The molecule has 1 saturated heterocycles. The minimum absolute atomic E-state index is 0.249. The molecule has 1 fully saturated rings. The number of rotatable bonds is 8. The lowest BCUT2D eigenvalue weighted by Gasteiger charge is -2.30. The van der Waals surface area contributed by atoms with Crippen molar-refractivity contribution in [3.63, 3.8) is 0 Å². The second-order valence-corrected chi connectivity index (χ2v) is 7.71. The molecule has 1 aromatic heterocycles. The molecule has 26 heavy (non-hydrogen) atoms. The van der Waals surface area contributed by atoms with E-state index in [1.165, 1.54) is 25.9 Å². The molecule has 6 heteroatoms. The standard InChI is InChI=1S/C20H36N4O2/c1-5-21-19(22-11-7-13-24-12-6-8-16(2)14-24)23-15-20(4,25)18-10-9-17(3)26-18/h9-10,16,25H,5-8,11-15H2,1-4H3,(H2,21,22,23). The molecule has 6 nitrogen and oxygen atoms in total. The van der Waals surface area contributed by atoms with Gasteiger partial charge in [0, 0.05) is 19.6 Å². The molecule has 1 aliphatic heterocycles. The Morgan fingerprint density at radius 1 is 1.42 bits per heavy atom.